The van der Waals surface area contributed by atoms with E-state index in [1.807, 2.05) is 20.8 Å². The van der Waals surface area contributed by atoms with Crippen LogP contribution in [0, 0.1) is 0 Å². The number of sulfonamides is 1. The van der Waals surface area contributed by atoms with Crippen LogP contribution in [-0.4, -0.2) is 19.8 Å². The number of nitrogens with one attached hydrogen (secondary N) is 1. The molecule has 0 saturated heterocycles. The predicted molar refractivity (Wildman–Crippen MR) is 94.1 cm³/mol. The van der Waals surface area contributed by atoms with Crippen LogP contribution < -0.4 is 9.46 Å². The third kappa shape index (κ3) is 4.83. The molecular formula is C18H21NO4S. The van der Waals surface area contributed by atoms with E-state index in [1.54, 1.807) is 36.4 Å². The van der Waals surface area contributed by atoms with Gasteiger partial charge in [0.2, 0.25) is 0 Å². The highest BCUT2D eigenvalue weighted by Gasteiger charge is 2.16. The average molecular weight is 347 g/mol. The number of benzene rings is 2. The molecule has 5 nitrogen and oxygen atoms in total. The third-order valence-corrected chi connectivity index (χ3v) is 4.46. The van der Waals surface area contributed by atoms with Gasteiger partial charge in [-0.1, -0.05) is 12.1 Å². The molecule has 2 aromatic rings. The van der Waals surface area contributed by atoms with Gasteiger partial charge in [-0.2, -0.15) is 0 Å². The first kappa shape index (κ1) is 18.0. The Morgan fingerprint density at radius 3 is 2.21 bits per heavy atom. The second kappa shape index (κ2) is 6.65. The molecule has 2 rings (SSSR count). The number of ether oxygens (including phenoxy) is 1. The van der Waals surface area contributed by atoms with E-state index in [2.05, 4.69) is 4.72 Å². The first-order chi connectivity index (χ1) is 11.1. The van der Waals surface area contributed by atoms with Gasteiger partial charge in [0.25, 0.3) is 10.0 Å². The van der Waals surface area contributed by atoms with E-state index >= 15 is 0 Å². The number of rotatable bonds is 5. The van der Waals surface area contributed by atoms with Crippen LogP contribution in [0.15, 0.2) is 53.4 Å². The lowest BCUT2D eigenvalue weighted by molar-refractivity contribution is 0.101. The molecule has 0 aliphatic heterocycles. The minimum absolute atomic E-state index is 0.0465. The molecule has 0 spiro atoms. The van der Waals surface area contributed by atoms with Crippen molar-refractivity contribution in [1.29, 1.82) is 0 Å². The lowest BCUT2D eigenvalue weighted by atomic mass is 10.2. The molecule has 0 heterocycles. The first-order valence-electron chi connectivity index (χ1n) is 7.50. The second-order valence-electron chi connectivity index (χ2n) is 6.43. The zero-order valence-electron chi connectivity index (χ0n) is 14.2. The smallest absolute Gasteiger partial charge is 0.261 e. The molecule has 0 bridgehead atoms. The van der Waals surface area contributed by atoms with Crippen molar-refractivity contribution in [2.45, 2.75) is 38.2 Å². The summed E-state index contributed by atoms with van der Waals surface area (Å²) < 4.78 is 33.1. The molecule has 0 aliphatic carbocycles. The van der Waals surface area contributed by atoms with Crippen molar-refractivity contribution in [2.75, 3.05) is 4.72 Å². The van der Waals surface area contributed by atoms with E-state index in [0.717, 1.165) is 0 Å². The summed E-state index contributed by atoms with van der Waals surface area (Å²) in [5.41, 5.74) is 0.449. The van der Waals surface area contributed by atoms with Crippen LogP contribution in [0.1, 0.15) is 38.1 Å². The molecule has 0 radical (unpaired) electrons. The van der Waals surface area contributed by atoms with Crippen LogP contribution in [0.2, 0.25) is 0 Å². The molecule has 0 atom stereocenters. The standard InChI is InChI=1S/C18H21NO4S/c1-13(20)14-6-5-7-17(12-14)24(21,22)19-15-8-10-16(11-9-15)23-18(2,3)4/h5-12,19H,1-4H3. The topological polar surface area (TPSA) is 72.5 Å². The summed E-state index contributed by atoms with van der Waals surface area (Å²) in [6, 6.07) is 12.6. The SMILES string of the molecule is CC(=O)c1cccc(S(=O)(=O)Nc2ccc(OC(C)(C)C)cc2)c1. The van der Waals surface area contributed by atoms with E-state index < -0.39 is 10.0 Å². The quantitative estimate of drug-likeness (QED) is 0.834. The Kier molecular flexibility index (Phi) is 4.99. The van der Waals surface area contributed by atoms with E-state index in [0.29, 0.717) is 17.0 Å². The molecule has 0 amide bonds. The number of anilines is 1. The van der Waals surface area contributed by atoms with Gasteiger partial charge in [-0.25, -0.2) is 8.42 Å². The van der Waals surface area contributed by atoms with Gasteiger partial charge < -0.3 is 4.74 Å². The highest BCUT2D eigenvalue weighted by molar-refractivity contribution is 7.92. The lowest BCUT2D eigenvalue weighted by Crippen LogP contribution is -2.22. The number of ketones is 1. The molecule has 0 aromatic heterocycles. The van der Waals surface area contributed by atoms with Gasteiger partial charge in [-0.15, -0.1) is 0 Å². The number of hydrogen-bond donors (Lipinski definition) is 1. The lowest BCUT2D eigenvalue weighted by Gasteiger charge is -2.21. The first-order valence-corrected chi connectivity index (χ1v) is 8.98. The minimum Gasteiger partial charge on any atom is -0.488 e. The summed E-state index contributed by atoms with van der Waals surface area (Å²) in [4.78, 5) is 11.5. The van der Waals surface area contributed by atoms with Gasteiger partial charge in [0.15, 0.2) is 5.78 Å². The largest absolute Gasteiger partial charge is 0.488 e. The summed E-state index contributed by atoms with van der Waals surface area (Å²) in [5, 5.41) is 0. The summed E-state index contributed by atoms with van der Waals surface area (Å²) in [6.45, 7) is 7.20. The summed E-state index contributed by atoms with van der Waals surface area (Å²) in [6.07, 6.45) is 0. The van der Waals surface area contributed by atoms with E-state index in [1.165, 1.54) is 19.1 Å². The predicted octanol–water partition coefficient (Wildman–Crippen LogP) is 3.87. The van der Waals surface area contributed by atoms with Gasteiger partial charge in [0, 0.05) is 11.3 Å². The van der Waals surface area contributed by atoms with Gasteiger partial charge in [-0.05, 0) is 64.1 Å². The van der Waals surface area contributed by atoms with Crippen LogP contribution in [0.3, 0.4) is 0 Å². The molecule has 0 unspecified atom stereocenters. The van der Waals surface area contributed by atoms with E-state index in [9.17, 15) is 13.2 Å². The Bertz CT molecular complexity index is 834. The van der Waals surface area contributed by atoms with Crippen molar-refractivity contribution in [1.82, 2.24) is 0 Å². The van der Waals surface area contributed by atoms with Crippen LogP contribution >= 0.6 is 0 Å². The molecule has 0 fully saturated rings. The number of Topliss-reactive ketones (excluding diaryl/α,β-unsaturated/α-hetero) is 1. The molecule has 1 N–H and O–H groups in total. The molecule has 0 aliphatic rings. The van der Waals surface area contributed by atoms with Crippen LogP contribution in [0.5, 0.6) is 5.75 Å². The van der Waals surface area contributed by atoms with E-state index in [-0.39, 0.29) is 16.3 Å². The zero-order chi connectivity index (χ0) is 18.0. The van der Waals surface area contributed by atoms with Crippen molar-refractivity contribution < 1.29 is 17.9 Å². The Hall–Kier alpha value is -2.34. The third-order valence-electron chi connectivity index (χ3n) is 3.08. The van der Waals surface area contributed by atoms with Crippen molar-refractivity contribution in [2.24, 2.45) is 0 Å². The zero-order valence-corrected chi connectivity index (χ0v) is 15.0. The normalized spacial score (nSPS) is 11.8. The maximum atomic E-state index is 12.4. The van der Waals surface area contributed by atoms with Gasteiger partial charge in [-0.3, -0.25) is 9.52 Å². The molecule has 24 heavy (non-hydrogen) atoms. The highest BCUT2D eigenvalue weighted by Crippen LogP contribution is 2.22. The Labute approximate surface area is 142 Å². The Morgan fingerprint density at radius 2 is 1.67 bits per heavy atom. The highest BCUT2D eigenvalue weighted by atomic mass is 32.2. The summed E-state index contributed by atoms with van der Waals surface area (Å²) >= 11 is 0. The maximum absolute atomic E-state index is 12.4. The van der Waals surface area contributed by atoms with Crippen LogP contribution in [0.25, 0.3) is 0 Å². The van der Waals surface area contributed by atoms with Crippen molar-refractivity contribution >= 4 is 21.5 Å². The van der Waals surface area contributed by atoms with Crippen LogP contribution in [-0.2, 0) is 10.0 Å². The molecule has 2 aromatic carbocycles. The van der Waals surface area contributed by atoms with Gasteiger partial charge in [0.1, 0.15) is 11.4 Å². The second-order valence-corrected chi connectivity index (χ2v) is 8.11. The fourth-order valence-electron chi connectivity index (χ4n) is 2.04. The molecular weight excluding hydrogens is 326 g/mol. The van der Waals surface area contributed by atoms with Crippen LogP contribution in [0.4, 0.5) is 5.69 Å². The molecule has 128 valence electrons. The fraction of sp³-hybridized carbons (Fsp3) is 0.278. The minimum atomic E-state index is -3.76. The van der Waals surface area contributed by atoms with E-state index in [4.69, 9.17) is 4.74 Å². The van der Waals surface area contributed by atoms with Crippen molar-refractivity contribution in [3.8, 4) is 5.75 Å². The summed E-state index contributed by atoms with van der Waals surface area (Å²) in [7, 11) is -3.76. The monoisotopic (exact) mass is 347 g/mol. The van der Waals surface area contributed by atoms with Crippen molar-refractivity contribution in [3.63, 3.8) is 0 Å². The van der Waals surface area contributed by atoms with Gasteiger partial charge >= 0.3 is 0 Å². The Morgan fingerprint density at radius 1 is 1.04 bits per heavy atom. The number of carbonyl (C=O) groups excluding carboxylic acids is 1. The maximum Gasteiger partial charge on any atom is 0.261 e. The number of hydrogen-bond acceptors (Lipinski definition) is 4. The Balaban J connectivity index is 2.20. The molecule has 6 heteroatoms. The average Bonchev–Trinajstić information content (AvgIpc) is 2.48. The van der Waals surface area contributed by atoms with Gasteiger partial charge in [0.05, 0.1) is 4.90 Å². The fourth-order valence-corrected chi connectivity index (χ4v) is 3.14. The van der Waals surface area contributed by atoms with Crippen molar-refractivity contribution in [3.05, 3.63) is 54.1 Å². The number of carbonyl (C=O) groups is 1. The molecule has 0 saturated carbocycles. The summed E-state index contributed by atoms with van der Waals surface area (Å²) in [5.74, 6) is 0.472.